The number of hydrogen-bond acceptors (Lipinski definition) is 4. The third kappa shape index (κ3) is 3.63. The minimum absolute atomic E-state index is 0.0833. The van der Waals surface area contributed by atoms with Gasteiger partial charge >= 0.3 is 11.8 Å². The second-order valence-electron chi connectivity index (χ2n) is 5.31. The molecular weight excluding hydrogens is 295 g/mol. The van der Waals surface area contributed by atoms with E-state index in [1.807, 2.05) is 0 Å². The standard InChI is InChI=1S/C14H17FN2O5/c1-16(14(18)19)10-3-5-11(6-4-10)22-13-8-9(15)2-7-12(13)17(20)21/h2,7-8,10-11H,3-6H2,1H3,(H,18,19). The molecule has 1 amide bonds. The van der Waals surface area contributed by atoms with Crippen molar-refractivity contribution in [2.24, 2.45) is 0 Å². The molecule has 0 aromatic heterocycles. The van der Waals surface area contributed by atoms with Gasteiger partial charge in [-0.05, 0) is 31.7 Å². The second kappa shape index (κ2) is 6.59. The highest BCUT2D eigenvalue weighted by Crippen LogP contribution is 2.32. The van der Waals surface area contributed by atoms with Crippen LogP contribution in [0.15, 0.2) is 18.2 Å². The van der Waals surface area contributed by atoms with Crippen LogP contribution in [0.5, 0.6) is 5.75 Å². The Morgan fingerprint density at radius 3 is 2.59 bits per heavy atom. The molecule has 8 heteroatoms. The molecular formula is C14H17FN2O5. The number of nitro benzene ring substituents is 1. The molecule has 2 rings (SSSR count). The van der Waals surface area contributed by atoms with E-state index in [2.05, 4.69) is 0 Å². The van der Waals surface area contributed by atoms with Crippen LogP contribution in [-0.4, -0.2) is 40.2 Å². The lowest BCUT2D eigenvalue weighted by Crippen LogP contribution is -2.40. The Morgan fingerprint density at radius 1 is 1.41 bits per heavy atom. The van der Waals surface area contributed by atoms with Crippen molar-refractivity contribution in [1.29, 1.82) is 0 Å². The van der Waals surface area contributed by atoms with Gasteiger partial charge in [0.1, 0.15) is 5.82 Å². The molecule has 1 aromatic carbocycles. The fourth-order valence-electron chi connectivity index (χ4n) is 2.62. The van der Waals surface area contributed by atoms with E-state index in [1.165, 1.54) is 11.9 Å². The van der Waals surface area contributed by atoms with Crippen LogP contribution in [0.4, 0.5) is 14.9 Å². The van der Waals surface area contributed by atoms with Gasteiger partial charge in [-0.2, -0.15) is 0 Å². The van der Waals surface area contributed by atoms with E-state index in [9.17, 15) is 19.3 Å². The van der Waals surface area contributed by atoms with Gasteiger partial charge in [0.15, 0.2) is 5.75 Å². The molecule has 7 nitrogen and oxygen atoms in total. The summed E-state index contributed by atoms with van der Waals surface area (Å²) in [6, 6.07) is 3.02. The molecule has 1 saturated carbocycles. The molecule has 0 spiro atoms. The summed E-state index contributed by atoms with van der Waals surface area (Å²) in [7, 11) is 1.52. The van der Waals surface area contributed by atoms with Crippen molar-refractivity contribution in [3.63, 3.8) is 0 Å². The Bertz CT molecular complexity index is 572. The molecule has 0 bridgehead atoms. The van der Waals surface area contributed by atoms with E-state index in [0.717, 1.165) is 18.2 Å². The highest BCUT2D eigenvalue weighted by Gasteiger charge is 2.28. The maximum absolute atomic E-state index is 13.2. The molecule has 22 heavy (non-hydrogen) atoms. The Morgan fingerprint density at radius 2 is 2.05 bits per heavy atom. The third-order valence-corrected chi connectivity index (χ3v) is 3.91. The quantitative estimate of drug-likeness (QED) is 0.681. The fourth-order valence-corrected chi connectivity index (χ4v) is 2.62. The molecule has 1 aliphatic rings. The first-order valence-electron chi connectivity index (χ1n) is 6.95. The highest BCUT2D eigenvalue weighted by atomic mass is 19.1. The smallest absolute Gasteiger partial charge is 0.407 e. The van der Waals surface area contributed by atoms with Gasteiger partial charge in [-0.15, -0.1) is 0 Å². The van der Waals surface area contributed by atoms with Crippen LogP contribution in [0.3, 0.4) is 0 Å². The Hall–Kier alpha value is -2.38. The maximum atomic E-state index is 13.2. The van der Waals surface area contributed by atoms with Gasteiger partial charge in [0, 0.05) is 25.2 Å². The highest BCUT2D eigenvalue weighted by molar-refractivity contribution is 5.64. The minimum atomic E-state index is -0.981. The number of carbonyl (C=O) groups is 1. The topological polar surface area (TPSA) is 92.9 Å². The molecule has 1 aliphatic carbocycles. The maximum Gasteiger partial charge on any atom is 0.407 e. The first-order chi connectivity index (χ1) is 10.4. The number of carboxylic acid groups (broad SMARTS) is 1. The van der Waals surface area contributed by atoms with Gasteiger partial charge in [0.2, 0.25) is 0 Å². The number of nitrogens with zero attached hydrogens (tertiary/aromatic N) is 2. The predicted octanol–water partition coefficient (Wildman–Crippen LogP) is 3.03. The number of rotatable bonds is 4. The number of halogens is 1. The van der Waals surface area contributed by atoms with Crippen LogP contribution < -0.4 is 4.74 Å². The lowest BCUT2D eigenvalue weighted by molar-refractivity contribution is -0.386. The number of nitro groups is 1. The van der Waals surface area contributed by atoms with Crippen molar-refractivity contribution in [2.45, 2.75) is 37.8 Å². The van der Waals surface area contributed by atoms with E-state index in [4.69, 9.17) is 9.84 Å². The zero-order chi connectivity index (χ0) is 16.3. The van der Waals surface area contributed by atoms with E-state index in [-0.39, 0.29) is 23.6 Å². The molecule has 0 radical (unpaired) electrons. The van der Waals surface area contributed by atoms with Gasteiger partial charge in [-0.25, -0.2) is 9.18 Å². The Balaban J connectivity index is 2.01. The van der Waals surface area contributed by atoms with Gasteiger partial charge in [-0.3, -0.25) is 10.1 Å². The SMILES string of the molecule is CN(C(=O)O)C1CCC(Oc2cc(F)ccc2[N+](=O)[O-])CC1. The van der Waals surface area contributed by atoms with Gasteiger partial charge in [-0.1, -0.05) is 0 Å². The summed E-state index contributed by atoms with van der Waals surface area (Å²) in [5.41, 5.74) is -0.272. The molecule has 0 atom stereocenters. The Kier molecular flexibility index (Phi) is 4.79. The van der Waals surface area contributed by atoms with E-state index in [0.29, 0.717) is 25.7 Å². The molecule has 120 valence electrons. The lowest BCUT2D eigenvalue weighted by atomic mass is 9.92. The van der Waals surface area contributed by atoms with Crippen molar-refractivity contribution in [1.82, 2.24) is 4.90 Å². The average Bonchev–Trinajstić information content (AvgIpc) is 2.47. The molecule has 0 aliphatic heterocycles. The van der Waals surface area contributed by atoms with Crippen LogP contribution in [0.2, 0.25) is 0 Å². The largest absolute Gasteiger partial charge is 0.483 e. The number of hydrogen-bond donors (Lipinski definition) is 1. The number of benzene rings is 1. The summed E-state index contributed by atoms with van der Waals surface area (Å²) in [5.74, 6) is -0.681. The lowest BCUT2D eigenvalue weighted by Gasteiger charge is -2.33. The minimum Gasteiger partial charge on any atom is -0.483 e. The summed E-state index contributed by atoms with van der Waals surface area (Å²) >= 11 is 0. The summed E-state index contributed by atoms with van der Waals surface area (Å²) < 4.78 is 18.8. The number of ether oxygens (including phenoxy) is 1. The molecule has 0 heterocycles. The number of amides is 1. The second-order valence-corrected chi connectivity index (χ2v) is 5.31. The molecule has 1 aromatic rings. The molecule has 1 fully saturated rings. The van der Waals surface area contributed by atoms with Gasteiger partial charge < -0.3 is 14.7 Å². The molecule has 0 unspecified atom stereocenters. The van der Waals surface area contributed by atoms with Gasteiger partial charge in [0.05, 0.1) is 11.0 Å². The summed E-state index contributed by atoms with van der Waals surface area (Å²) in [6.45, 7) is 0. The van der Waals surface area contributed by atoms with Crippen molar-refractivity contribution >= 4 is 11.8 Å². The zero-order valence-electron chi connectivity index (χ0n) is 12.1. The average molecular weight is 312 g/mol. The van der Waals surface area contributed by atoms with Crippen molar-refractivity contribution < 1.29 is 24.0 Å². The fraction of sp³-hybridized carbons (Fsp3) is 0.500. The van der Waals surface area contributed by atoms with E-state index < -0.39 is 16.8 Å². The van der Waals surface area contributed by atoms with Gasteiger partial charge in [0.25, 0.3) is 0 Å². The third-order valence-electron chi connectivity index (χ3n) is 3.91. The van der Waals surface area contributed by atoms with Crippen LogP contribution >= 0.6 is 0 Å². The van der Waals surface area contributed by atoms with Crippen LogP contribution in [0.25, 0.3) is 0 Å². The first-order valence-corrected chi connectivity index (χ1v) is 6.95. The van der Waals surface area contributed by atoms with Crippen molar-refractivity contribution in [2.75, 3.05) is 7.05 Å². The predicted molar refractivity (Wildman–Crippen MR) is 75.5 cm³/mol. The Labute approximate surface area is 126 Å². The first kappa shape index (κ1) is 16.0. The molecule has 1 N–H and O–H groups in total. The van der Waals surface area contributed by atoms with Crippen LogP contribution in [-0.2, 0) is 0 Å². The van der Waals surface area contributed by atoms with Crippen molar-refractivity contribution in [3.05, 3.63) is 34.1 Å². The summed E-state index contributed by atoms with van der Waals surface area (Å²) in [5, 5.41) is 19.9. The summed E-state index contributed by atoms with van der Waals surface area (Å²) in [6.07, 6.45) is 1.09. The van der Waals surface area contributed by atoms with E-state index in [1.54, 1.807) is 0 Å². The van der Waals surface area contributed by atoms with Crippen LogP contribution in [0, 0.1) is 15.9 Å². The molecule has 0 saturated heterocycles. The van der Waals surface area contributed by atoms with E-state index >= 15 is 0 Å². The zero-order valence-corrected chi connectivity index (χ0v) is 12.1. The van der Waals surface area contributed by atoms with Crippen LogP contribution in [0.1, 0.15) is 25.7 Å². The summed E-state index contributed by atoms with van der Waals surface area (Å²) in [4.78, 5) is 22.5. The van der Waals surface area contributed by atoms with Crippen molar-refractivity contribution in [3.8, 4) is 5.75 Å². The normalized spacial score (nSPS) is 21.2. The monoisotopic (exact) mass is 312 g/mol.